The maximum Gasteiger partial charge on any atom is 0.207 e. The molecule has 3 fully saturated rings. The number of hydrogen-bond acceptors (Lipinski definition) is 2. The van der Waals surface area contributed by atoms with Crippen molar-refractivity contribution in [2.75, 3.05) is 6.54 Å². The monoisotopic (exact) mass is 412 g/mol. The number of benzene rings is 1. The Kier molecular flexibility index (Phi) is 7.32. The van der Waals surface area contributed by atoms with E-state index in [0.29, 0.717) is 28.3 Å². The summed E-state index contributed by atoms with van der Waals surface area (Å²) >= 11 is 0. The Morgan fingerprint density at radius 3 is 2.47 bits per heavy atom. The molecule has 2 N–H and O–H groups in total. The van der Waals surface area contributed by atoms with Crippen molar-refractivity contribution in [1.82, 2.24) is 10.6 Å². The molecule has 30 heavy (non-hydrogen) atoms. The molecular formula is C27H44N2O. The van der Waals surface area contributed by atoms with Crippen LogP contribution in [0.15, 0.2) is 30.3 Å². The molecule has 0 aromatic heterocycles. The highest BCUT2D eigenvalue weighted by Crippen LogP contribution is 2.61. The lowest BCUT2D eigenvalue weighted by atomic mass is 9.47. The minimum atomic E-state index is 0.397. The lowest BCUT2D eigenvalue weighted by Gasteiger charge is -2.57. The first-order valence-corrected chi connectivity index (χ1v) is 12.2. The van der Waals surface area contributed by atoms with Gasteiger partial charge in [0.05, 0.1) is 0 Å². The fraction of sp³-hybridized carbons (Fsp3) is 0.741. The molecule has 3 heteroatoms. The Hall–Kier alpha value is -1.35. The van der Waals surface area contributed by atoms with Gasteiger partial charge in [0.1, 0.15) is 0 Å². The number of piperidine rings is 1. The summed E-state index contributed by atoms with van der Waals surface area (Å²) in [5, 5.41) is 6.11. The van der Waals surface area contributed by atoms with Crippen LogP contribution in [0.3, 0.4) is 0 Å². The molecule has 1 aromatic rings. The summed E-state index contributed by atoms with van der Waals surface area (Å²) in [7, 11) is 0. The van der Waals surface area contributed by atoms with Crippen molar-refractivity contribution in [3.63, 3.8) is 0 Å². The Balaban J connectivity index is 0.000000216. The number of hydrogen-bond donors (Lipinski definition) is 2. The van der Waals surface area contributed by atoms with Crippen LogP contribution in [0.4, 0.5) is 0 Å². The Labute approximate surface area is 184 Å². The van der Waals surface area contributed by atoms with E-state index < -0.39 is 0 Å². The Morgan fingerprint density at radius 2 is 1.83 bits per heavy atom. The largest absolute Gasteiger partial charge is 0.356 e. The predicted molar refractivity (Wildman–Crippen MR) is 127 cm³/mol. The van der Waals surface area contributed by atoms with Crippen molar-refractivity contribution in [1.29, 1.82) is 0 Å². The molecule has 3 nitrogen and oxygen atoms in total. The van der Waals surface area contributed by atoms with Crippen molar-refractivity contribution < 1.29 is 4.79 Å². The number of carbonyl (C=O) groups excluding carboxylic acids is 1. The van der Waals surface area contributed by atoms with Crippen LogP contribution < -0.4 is 10.6 Å². The highest BCUT2D eigenvalue weighted by atomic mass is 16.1. The van der Waals surface area contributed by atoms with E-state index in [9.17, 15) is 4.79 Å². The molecule has 1 heterocycles. The normalized spacial score (nSPS) is 37.4. The molecule has 2 bridgehead atoms. The predicted octanol–water partition coefficient (Wildman–Crippen LogP) is 5.83. The fourth-order valence-electron chi connectivity index (χ4n) is 7.09. The summed E-state index contributed by atoms with van der Waals surface area (Å²) in [5.74, 6) is 0.928. The van der Waals surface area contributed by atoms with Gasteiger partial charge < -0.3 is 10.6 Å². The quantitative estimate of drug-likeness (QED) is 0.611. The molecule has 1 aromatic carbocycles. The van der Waals surface area contributed by atoms with E-state index in [2.05, 4.69) is 75.6 Å². The van der Waals surface area contributed by atoms with Gasteiger partial charge in [-0.2, -0.15) is 0 Å². The maximum absolute atomic E-state index is 10.0. The third kappa shape index (κ3) is 5.66. The van der Waals surface area contributed by atoms with E-state index in [4.69, 9.17) is 0 Å². The lowest BCUT2D eigenvalue weighted by Crippen LogP contribution is -2.49. The third-order valence-electron chi connectivity index (χ3n) is 8.05. The first-order valence-electron chi connectivity index (χ1n) is 12.2. The number of amides is 1. The van der Waals surface area contributed by atoms with Crippen LogP contribution in [0, 0.1) is 16.7 Å². The summed E-state index contributed by atoms with van der Waals surface area (Å²) in [4.78, 5) is 10.0. The molecule has 1 amide bonds. The van der Waals surface area contributed by atoms with Crippen LogP contribution in [-0.4, -0.2) is 25.0 Å². The summed E-state index contributed by atoms with van der Waals surface area (Å²) in [6.07, 6.45) is 11.3. The second-order valence-corrected chi connectivity index (χ2v) is 11.7. The second-order valence-electron chi connectivity index (χ2n) is 11.7. The summed E-state index contributed by atoms with van der Waals surface area (Å²) in [5.41, 5.74) is 3.11. The average Bonchev–Trinajstić information content (AvgIpc) is 2.68. The molecule has 0 spiro atoms. The van der Waals surface area contributed by atoms with E-state index in [0.717, 1.165) is 31.7 Å². The number of rotatable bonds is 4. The summed E-state index contributed by atoms with van der Waals surface area (Å²) in [6.45, 7) is 13.1. The van der Waals surface area contributed by atoms with Gasteiger partial charge in [-0.25, -0.2) is 0 Å². The third-order valence-corrected chi connectivity index (χ3v) is 8.05. The van der Waals surface area contributed by atoms with Crippen molar-refractivity contribution in [2.45, 2.75) is 103 Å². The molecule has 3 aliphatic rings. The van der Waals surface area contributed by atoms with Crippen molar-refractivity contribution in [3.05, 3.63) is 35.9 Å². The number of fused-ring (bicyclic) bond motifs is 2. The molecule has 2 aliphatic carbocycles. The molecule has 5 unspecified atom stereocenters. The van der Waals surface area contributed by atoms with E-state index in [1.807, 2.05) is 0 Å². The zero-order valence-corrected chi connectivity index (χ0v) is 20.0. The standard InChI is InChI=1S/C20H30.C7H14N2O/c1-5-19(4)12-16-11-18(2,3)14-20(13-16,15-19)17-9-7-6-8-10-17;1-6-4-7(9-5-10)2-3-8-6/h6-10,16H,5,11-15H2,1-4H3;5-8H,2-4H2,1H3,(H,9,10). The zero-order valence-electron chi connectivity index (χ0n) is 20.0. The van der Waals surface area contributed by atoms with Gasteiger partial charge in [-0.05, 0) is 86.1 Å². The zero-order chi connectivity index (χ0) is 21.8. The SMILES string of the molecule is CC1CC(NC=O)CCN1.CCC1(C)CC2CC(C)(C)CC(c3ccccc3)(C2)C1. The van der Waals surface area contributed by atoms with E-state index in [1.54, 1.807) is 5.56 Å². The molecule has 0 radical (unpaired) electrons. The topological polar surface area (TPSA) is 41.1 Å². The van der Waals surface area contributed by atoms with Crippen LogP contribution in [0.25, 0.3) is 0 Å². The van der Waals surface area contributed by atoms with E-state index in [-0.39, 0.29) is 0 Å². The van der Waals surface area contributed by atoms with Gasteiger partial charge in [0.15, 0.2) is 0 Å². The van der Waals surface area contributed by atoms with Crippen molar-refractivity contribution >= 4 is 6.41 Å². The lowest BCUT2D eigenvalue weighted by molar-refractivity contribution is -0.110. The maximum atomic E-state index is 10.0. The molecule has 168 valence electrons. The average molecular weight is 413 g/mol. The number of nitrogens with one attached hydrogen (secondary N) is 2. The minimum Gasteiger partial charge on any atom is -0.356 e. The first kappa shape index (κ1) is 23.3. The van der Waals surface area contributed by atoms with Crippen molar-refractivity contribution in [2.24, 2.45) is 16.7 Å². The van der Waals surface area contributed by atoms with Gasteiger partial charge in [-0.1, -0.05) is 64.4 Å². The van der Waals surface area contributed by atoms with Crippen LogP contribution in [0.2, 0.25) is 0 Å². The van der Waals surface area contributed by atoms with Crippen LogP contribution in [0.5, 0.6) is 0 Å². The fourth-order valence-corrected chi connectivity index (χ4v) is 7.09. The highest BCUT2D eigenvalue weighted by molar-refractivity contribution is 5.46. The minimum absolute atomic E-state index is 0.397. The second kappa shape index (κ2) is 9.42. The molecule has 2 saturated carbocycles. The van der Waals surface area contributed by atoms with Gasteiger partial charge in [-0.3, -0.25) is 4.79 Å². The Morgan fingerprint density at radius 1 is 1.10 bits per heavy atom. The Bertz CT molecular complexity index is 687. The van der Waals surface area contributed by atoms with Crippen molar-refractivity contribution in [3.8, 4) is 0 Å². The first-order chi connectivity index (χ1) is 14.2. The number of carbonyl (C=O) groups is 1. The van der Waals surface area contributed by atoms with Gasteiger partial charge in [0, 0.05) is 12.1 Å². The van der Waals surface area contributed by atoms with E-state index >= 15 is 0 Å². The van der Waals surface area contributed by atoms with Crippen LogP contribution in [0.1, 0.15) is 91.5 Å². The summed E-state index contributed by atoms with van der Waals surface area (Å²) < 4.78 is 0. The van der Waals surface area contributed by atoms with Gasteiger partial charge >= 0.3 is 0 Å². The van der Waals surface area contributed by atoms with Gasteiger partial charge in [-0.15, -0.1) is 0 Å². The van der Waals surface area contributed by atoms with Crippen LogP contribution >= 0.6 is 0 Å². The molecular weight excluding hydrogens is 368 g/mol. The molecule has 1 saturated heterocycles. The van der Waals surface area contributed by atoms with E-state index in [1.165, 1.54) is 38.5 Å². The molecule has 1 aliphatic heterocycles. The summed E-state index contributed by atoms with van der Waals surface area (Å²) in [6, 6.07) is 12.4. The molecule has 5 atom stereocenters. The van der Waals surface area contributed by atoms with Crippen LogP contribution in [-0.2, 0) is 10.2 Å². The van der Waals surface area contributed by atoms with Gasteiger partial charge in [0.2, 0.25) is 6.41 Å². The smallest absolute Gasteiger partial charge is 0.207 e. The van der Waals surface area contributed by atoms with Gasteiger partial charge in [0.25, 0.3) is 0 Å². The molecule has 4 rings (SSSR count). The highest BCUT2D eigenvalue weighted by Gasteiger charge is 2.52.